The smallest absolute Gasteiger partial charge is 0.299 e. The maximum Gasteiger partial charge on any atom is 0.299 e. The Bertz CT molecular complexity index is 1390. The summed E-state index contributed by atoms with van der Waals surface area (Å²) in [4.78, 5) is 4.88. The topological polar surface area (TPSA) is 75.0 Å². The van der Waals surface area contributed by atoms with E-state index >= 15 is 0 Å². The van der Waals surface area contributed by atoms with E-state index in [9.17, 15) is 5.11 Å². The van der Waals surface area contributed by atoms with Crippen molar-refractivity contribution >= 4 is 48.0 Å². The first kappa shape index (κ1) is 28.3. The SMILES string of the molecule is C[Si](C)(C)CCOCn1c(O[C@@H]2CO[C@H]3[C@@H]2OC[C@H]3O)nc2cc(-c3ccc(C4=CCSCC4)cc3)c(Cl)cc21. The first-order valence-corrected chi connectivity index (χ1v) is 19.2. The van der Waals surface area contributed by atoms with Gasteiger partial charge in [0.25, 0.3) is 6.01 Å². The number of rotatable bonds is 9. The first-order valence-electron chi connectivity index (χ1n) is 14.0. The number of ether oxygens (including phenoxy) is 4. The molecule has 0 amide bonds. The minimum absolute atomic E-state index is 0.249. The molecule has 4 atom stereocenters. The highest BCUT2D eigenvalue weighted by Gasteiger charge is 2.48. The molecule has 214 valence electrons. The molecule has 7 nitrogen and oxygen atoms in total. The molecule has 3 aromatic rings. The third kappa shape index (κ3) is 6.02. The van der Waals surface area contributed by atoms with Crippen LogP contribution < -0.4 is 4.74 Å². The van der Waals surface area contributed by atoms with Gasteiger partial charge in [-0.15, -0.1) is 0 Å². The highest BCUT2D eigenvalue weighted by atomic mass is 35.5. The molecule has 2 saturated heterocycles. The van der Waals surface area contributed by atoms with Crippen LogP contribution in [0, 0.1) is 0 Å². The van der Waals surface area contributed by atoms with E-state index in [1.165, 1.54) is 16.9 Å². The second-order valence-corrected chi connectivity index (χ2v) is 19.1. The molecule has 40 heavy (non-hydrogen) atoms. The Balaban J connectivity index is 1.29. The lowest BCUT2D eigenvalue weighted by atomic mass is 9.98. The van der Waals surface area contributed by atoms with Crippen molar-refractivity contribution in [3.8, 4) is 17.1 Å². The van der Waals surface area contributed by atoms with E-state index in [1.54, 1.807) is 0 Å². The minimum atomic E-state index is -1.23. The van der Waals surface area contributed by atoms with Crippen molar-refractivity contribution in [3.05, 3.63) is 53.1 Å². The number of nitrogens with zero attached hydrogens (tertiary/aromatic N) is 2. The molecule has 0 saturated carbocycles. The number of aromatic nitrogens is 2. The Hall–Kier alpha value is -1.85. The lowest BCUT2D eigenvalue weighted by Crippen LogP contribution is -2.35. The molecule has 0 bridgehead atoms. The minimum Gasteiger partial charge on any atom is -0.456 e. The number of aliphatic hydroxyl groups excluding tert-OH is 1. The lowest BCUT2D eigenvalue weighted by Gasteiger charge is -2.19. The van der Waals surface area contributed by atoms with Crippen LogP contribution in [0.5, 0.6) is 6.01 Å². The number of hydrogen-bond donors (Lipinski definition) is 1. The van der Waals surface area contributed by atoms with Crippen LogP contribution in [0.2, 0.25) is 30.7 Å². The predicted molar refractivity (Wildman–Crippen MR) is 164 cm³/mol. The van der Waals surface area contributed by atoms with E-state index in [-0.39, 0.29) is 24.9 Å². The summed E-state index contributed by atoms with van der Waals surface area (Å²) in [6.07, 6.45) is 1.73. The monoisotopic (exact) mass is 600 g/mol. The number of thioether (sulfide) groups is 1. The molecule has 0 radical (unpaired) electrons. The fourth-order valence-corrected chi connectivity index (χ4v) is 7.30. The summed E-state index contributed by atoms with van der Waals surface area (Å²) in [7, 11) is -1.23. The third-order valence-corrected chi connectivity index (χ3v) is 10.7. The quantitative estimate of drug-likeness (QED) is 0.235. The van der Waals surface area contributed by atoms with Crippen molar-refractivity contribution in [1.82, 2.24) is 9.55 Å². The molecular weight excluding hydrogens is 564 g/mol. The fourth-order valence-electron chi connectivity index (χ4n) is 5.43. The van der Waals surface area contributed by atoms with Crippen molar-refractivity contribution in [2.24, 2.45) is 0 Å². The average Bonchev–Trinajstić information content (AvgIpc) is 3.61. The Kier molecular flexibility index (Phi) is 8.34. The van der Waals surface area contributed by atoms with E-state index in [1.807, 2.05) is 28.5 Å². The van der Waals surface area contributed by atoms with Gasteiger partial charge in [0, 0.05) is 26.0 Å². The van der Waals surface area contributed by atoms with Gasteiger partial charge >= 0.3 is 0 Å². The van der Waals surface area contributed by atoms with Crippen LogP contribution in [0.15, 0.2) is 42.5 Å². The van der Waals surface area contributed by atoms with E-state index in [0.717, 1.165) is 40.4 Å². The van der Waals surface area contributed by atoms with E-state index in [0.29, 0.717) is 31.0 Å². The Morgan fingerprint density at radius 2 is 1.88 bits per heavy atom. The molecule has 1 aromatic heterocycles. The molecule has 0 unspecified atom stereocenters. The number of benzene rings is 2. The molecule has 1 N–H and O–H groups in total. The van der Waals surface area contributed by atoms with Gasteiger partial charge in [0.15, 0.2) is 6.10 Å². The summed E-state index contributed by atoms with van der Waals surface area (Å²) >= 11 is 8.86. The van der Waals surface area contributed by atoms with Crippen molar-refractivity contribution in [2.75, 3.05) is 31.3 Å². The molecule has 3 aliphatic rings. The molecule has 2 fully saturated rings. The summed E-state index contributed by atoms with van der Waals surface area (Å²) in [5.74, 6) is 2.25. The number of imidazole rings is 1. The van der Waals surface area contributed by atoms with Gasteiger partial charge in [-0.1, -0.05) is 61.6 Å². The Morgan fingerprint density at radius 1 is 1.10 bits per heavy atom. The second-order valence-electron chi connectivity index (χ2n) is 11.9. The summed E-state index contributed by atoms with van der Waals surface area (Å²) in [6.45, 7) is 8.57. The van der Waals surface area contributed by atoms with Crippen molar-refractivity contribution in [3.63, 3.8) is 0 Å². The largest absolute Gasteiger partial charge is 0.456 e. The maximum atomic E-state index is 10.2. The van der Waals surface area contributed by atoms with Crippen LogP contribution in [0.3, 0.4) is 0 Å². The van der Waals surface area contributed by atoms with Crippen LogP contribution in [-0.4, -0.2) is 78.5 Å². The van der Waals surface area contributed by atoms with Crippen LogP contribution in [0.4, 0.5) is 0 Å². The van der Waals surface area contributed by atoms with Crippen molar-refractivity contribution < 1.29 is 24.1 Å². The number of allylic oxidation sites excluding steroid dienone is 1. The number of hydrogen-bond acceptors (Lipinski definition) is 7. The van der Waals surface area contributed by atoms with Gasteiger partial charge < -0.3 is 24.1 Å². The highest BCUT2D eigenvalue weighted by Crippen LogP contribution is 2.36. The highest BCUT2D eigenvalue weighted by molar-refractivity contribution is 7.99. The summed E-state index contributed by atoms with van der Waals surface area (Å²) in [6, 6.07) is 14.1. The van der Waals surface area contributed by atoms with Crippen LogP contribution in [0.1, 0.15) is 12.0 Å². The van der Waals surface area contributed by atoms with Crippen LogP contribution in [0.25, 0.3) is 27.7 Å². The van der Waals surface area contributed by atoms with Crippen molar-refractivity contribution in [1.29, 1.82) is 0 Å². The van der Waals surface area contributed by atoms with Gasteiger partial charge in [0.05, 0.1) is 29.3 Å². The predicted octanol–water partition coefficient (Wildman–Crippen LogP) is 6.10. The fraction of sp³-hybridized carbons (Fsp3) is 0.500. The van der Waals surface area contributed by atoms with Gasteiger partial charge in [0.2, 0.25) is 0 Å². The Morgan fingerprint density at radius 3 is 2.62 bits per heavy atom. The van der Waals surface area contributed by atoms with Gasteiger partial charge in [-0.3, -0.25) is 4.57 Å². The standard InChI is InChI=1S/C30H37ClN2O5SSi/c1-40(2,3)13-10-35-18-33-25-15-23(31)22(21-6-4-19(5-7-21)20-8-11-39-12-9-20)14-24(25)32-30(33)38-27-17-37-28-26(34)16-36-29(27)28/h4-8,14-15,26-29,34H,9-13,16-18H2,1-3H3/t26-,27-,28-,29-/m1/s1. The summed E-state index contributed by atoms with van der Waals surface area (Å²) in [5.41, 5.74) is 6.29. The zero-order valence-corrected chi connectivity index (χ0v) is 25.8. The second kappa shape index (κ2) is 11.8. The third-order valence-electron chi connectivity index (χ3n) is 7.79. The van der Waals surface area contributed by atoms with E-state index in [2.05, 4.69) is 50.0 Å². The van der Waals surface area contributed by atoms with E-state index < -0.39 is 14.2 Å². The lowest BCUT2D eigenvalue weighted by molar-refractivity contribution is 0.00340. The van der Waals surface area contributed by atoms with Crippen LogP contribution >= 0.6 is 23.4 Å². The molecular formula is C30H37ClN2O5SSi. The van der Waals surface area contributed by atoms with E-state index in [4.69, 9.17) is 35.5 Å². The molecule has 0 spiro atoms. The number of fused-ring (bicyclic) bond motifs is 2. The zero-order valence-electron chi connectivity index (χ0n) is 23.3. The average molecular weight is 601 g/mol. The molecule has 0 aliphatic carbocycles. The van der Waals surface area contributed by atoms with Crippen molar-refractivity contribution in [2.45, 2.75) is 63.3 Å². The molecule has 2 aromatic carbocycles. The van der Waals surface area contributed by atoms with Gasteiger partial charge in [0.1, 0.15) is 25.0 Å². The molecule has 4 heterocycles. The molecule has 10 heteroatoms. The Labute approximate surface area is 245 Å². The zero-order chi connectivity index (χ0) is 27.9. The summed E-state index contributed by atoms with van der Waals surface area (Å²) in [5, 5.41) is 10.8. The normalized spacial score (nSPS) is 24.9. The van der Waals surface area contributed by atoms with Crippen LogP contribution in [-0.2, 0) is 20.9 Å². The number of aliphatic hydroxyl groups is 1. The first-order chi connectivity index (χ1) is 19.3. The van der Waals surface area contributed by atoms with Gasteiger partial charge in [-0.05, 0) is 47.1 Å². The maximum absolute atomic E-state index is 10.2. The number of halogens is 1. The molecule has 3 aliphatic heterocycles. The van der Waals surface area contributed by atoms with Gasteiger partial charge in [-0.2, -0.15) is 16.7 Å². The summed E-state index contributed by atoms with van der Waals surface area (Å²) < 4.78 is 26.0. The van der Waals surface area contributed by atoms with Gasteiger partial charge in [-0.25, -0.2) is 0 Å². The molecule has 6 rings (SSSR count).